The third-order valence-corrected chi connectivity index (χ3v) is 8.26. The van der Waals surface area contributed by atoms with E-state index < -0.39 is 14.4 Å². The van der Waals surface area contributed by atoms with E-state index in [1.54, 1.807) is 12.3 Å². The van der Waals surface area contributed by atoms with Gasteiger partial charge >= 0.3 is 6.09 Å². The molecule has 1 N–H and O–H groups in total. The Bertz CT molecular complexity index is 656. The maximum atomic E-state index is 11.0. The quantitative estimate of drug-likeness (QED) is 0.851. The third-order valence-electron chi connectivity index (χ3n) is 3.90. The van der Waals surface area contributed by atoms with Gasteiger partial charge in [-0.05, 0) is 36.3 Å². The van der Waals surface area contributed by atoms with Crippen LogP contribution in [0.15, 0.2) is 24.4 Å². The van der Waals surface area contributed by atoms with Crippen LogP contribution in [0.4, 0.5) is 4.79 Å². The van der Waals surface area contributed by atoms with Crippen molar-refractivity contribution in [2.24, 2.45) is 0 Å². The normalized spacial score (nSPS) is 12.7. The van der Waals surface area contributed by atoms with Crippen LogP contribution in [0.1, 0.15) is 20.8 Å². The van der Waals surface area contributed by atoms with Gasteiger partial charge in [0.05, 0.1) is 11.7 Å². The number of carboxylic acid groups (broad SMARTS) is 1. The highest BCUT2D eigenvalue weighted by molar-refractivity contribution is 6.74. The molecular weight excluding hydrogens is 272 g/mol. The Balaban J connectivity index is 2.37. The zero-order valence-electron chi connectivity index (χ0n) is 12.5. The van der Waals surface area contributed by atoms with E-state index in [2.05, 4.69) is 39.0 Å². The summed E-state index contributed by atoms with van der Waals surface area (Å²) in [6.07, 6.45) is 0.458. The second-order valence-corrected chi connectivity index (χ2v) is 11.1. The van der Waals surface area contributed by atoms with E-state index in [9.17, 15) is 4.79 Å². The SMILES string of the molecule is CC(C)(C)[Si](C)(C)Oc1ccc2c(cnn2C(=O)O)c1. The van der Waals surface area contributed by atoms with Crippen molar-refractivity contribution in [2.75, 3.05) is 0 Å². The van der Waals surface area contributed by atoms with Crippen LogP contribution in [-0.2, 0) is 0 Å². The Morgan fingerprint density at radius 2 is 2.00 bits per heavy atom. The van der Waals surface area contributed by atoms with Crippen molar-refractivity contribution < 1.29 is 14.3 Å². The molecule has 0 fully saturated rings. The van der Waals surface area contributed by atoms with Gasteiger partial charge < -0.3 is 9.53 Å². The molecule has 2 rings (SSSR count). The van der Waals surface area contributed by atoms with Crippen molar-refractivity contribution in [1.29, 1.82) is 0 Å². The van der Waals surface area contributed by atoms with Crippen LogP contribution in [0.3, 0.4) is 0 Å². The number of hydrogen-bond donors (Lipinski definition) is 1. The molecule has 1 aromatic heterocycles. The summed E-state index contributed by atoms with van der Waals surface area (Å²) in [4.78, 5) is 11.0. The molecule has 2 aromatic rings. The van der Waals surface area contributed by atoms with Gasteiger partial charge in [0.1, 0.15) is 5.75 Å². The van der Waals surface area contributed by atoms with Gasteiger partial charge in [-0.25, -0.2) is 4.79 Å². The van der Waals surface area contributed by atoms with Crippen molar-refractivity contribution in [3.8, 4) is 5.75 Å². The van der Waals surface area contributed by atoms with Crippen LogP contribution in [0, 0.1) is 0 Å². The molecule has 108 valence electrons. The predicted octanol–water partition coefficient (Wildman–Crippen LogP) is 3.95. The van der Waals surface area contributed by atoms with Crippen molar-refractivity contribution in [1.82, 2.24) is 9.78 Å². The Morgan fingerprint density at radius 1 is 1.35 bits per heavy atom. The third kappa shape index (κ3) is 2.56. The van der Waals surface area contributed by atoms with Crippen LogP contribution in [0.2, 0.25) is 18.1 Å². The van der Waals surface area contributed by atoms with Gasteiger partial charge in [-0.15, -0.1) is 0 Å². The van der Waals surface area contributed by atoms with Crippen molar-refractivity contribution >= 4 is 25.3 Å². The molecule has 0 aliphatic carbocycles. The van der Waals surface area contributed by atoms with E-state index >= 15 is 0 Å². The summed E-state index contributed by atoms with van der Waals surface area (Å²) in [6, 6.07) is 5.39. The molecule has 5 nitrogen and oxygen atoms in total. The number of carbonyl (C=O) groups is 1. The summed E-state index contributed by atoms with van der Waals surface area (Å²) in [7, 11) is -1.89. The molecular formula is C14H20N2O3Si. The predicted molar refractivity (Wildman–Crippen MR) is 81.0 cm³/mol. The minimum absolute atomic E-state index is 0.118. The maximum Gasteiger partial charge on any atom is 0.432 e. The van der Waals surface area contributed by atoms with E-state index in [0.717, 1.165) is 15.8 Å². The lowest BCUT2D eigenvalue weighted by atomic mass is 10.2. The van der Waals surface area contributed by atoms with E-state index in [1.165, 1.54) is 0 Å². The number of benzene rings is 1. The average Bonchev–Trinajstić information content (AvgIpc) is 2.69. The number of nitrogens with zero attached hydrogens (tertiary/aromatic N) is 2. The first-order valence-electron chi connectivity index (χ1n) is 6.52. The monoisotopic (exact) mass is 292 g/mol. The standard InChI is InChI=1S/C14H20N2O3Si/c1-14(2,3)20(4,5)19-11-6-7-12-10(8-11)9-15-16(12)13(17)18/h6-9H,1-5H3,(H,17,18). The second kappa shape index (κ2) is 4.62. The molecule has 0 aliphatic heterocycles. The molecule has 20 heavy (non-hydrogen) atoms. The van der Waals surface area contributed by atoms with Crippen LogP contribution in [0.5, 0.6) is 5.75 Å². The van der Waals surface area contributed by atoms with Crippen LogP contribution in [0.25, 0.3) is 10.9 Å². The lowest BCUT2D eigenvalue weighted by Gasteiger charge is -2.36. The highest BCUT2D eigenvalue weighted by Crippen LogP contribution is 2.37. The lowest BCUT2D eigenvalue weighted by molar-refractivity contribution is 0.194. The summed E-state index contributed by atoms with van der Waals surface area (Å²) < 4.78 is 7.16. The molecule has 0 atom stereocenters. The van der Waals surface area contributed by atoms with E-state index in [4.69, 9.17) is 9.53 Å². The highest BCUT2D eigenvalue weighted by Gasteiger charge is 2.39. The minimum atomic E-state index is -1.89. The van der Waals surface area contributed by atoms with E-state index in [-0.39, 0.29) is 5.04 Å². The highest BCUT2D eigenvalue weighted by atomic mass is 28.4. The molecule has 0 amide bonds. The fourth-order valence-corrected chi connectivity index (χ4v) is 2.70. The first-order chi connectivity index (χ1) is 9.12. The molecule has 6 heteroatoms. The summed E-state index contributed by atoms with van der Waals surface area (Å²) in [5, 5.41) is 13.7. The molecule has 0 spiro atoms. The zero-order chi connectivity index (χ0) is 15.1. The Kier molecular flexibility index (Phi) is 3.37. The summed E-state index contributed by atoms with van der Waals surface area (Å²) in [5.74, 6) is 0.772. The average molecular weight is 292 g/mol. The number of hydrogen-bond acceptors (Lipinski definition) is 3. The van der Waals surface area contributed by atoms with Crippen LogP contribution < -0.4 is 4.43 Å². The summed E-state index contributed by atoms with van der Waals surface area (Å²) in [6.45, 7) is 10.9. The van der Waals surface area contributed by atoms with Crippen LogP contribution in [-0.4, -0.2) is 29.3 Å². The Hall–Kier alpha value is -1.82. The fourth-order valence-electron chi connectivity index (χ4n) is 1.67. The van der Waals surface area contributed by atoms with Crippen LogP contribution >= 0.6 is 0 Å². The van der Waals surface area contributed by atoms with Gasteiger partial charge in [-0.2, -0.15) is 9.78 Å². The molecule has 1 aromatic carbocycles. The maximum absolute atomic E-state index is 11.0. The van der Waals surface area contributed by atoms with Gasteiger partial charge in [0, 0.05) is 5.39 Å². The topological polar surface area (TPSA) is 64.4 Å². The summed E-state index contributed by atoms with van der Waals surface area (Å²) >= 11 is 0. The van der Waals surface area contributed by atoms with Gasteiger partial charge in [-0.1, -0.05) is 20.8 Å². The van der Waals surface area contributed by atoms with Gasteiger partial charge in [0.2, 0.25) is 8.32 Å². The van der Waals surface area contributed by atoms with Gasteiger partial charge in [0.25, 0.3) is 0 Å². The zero-order valence-corrected chi connectivity index (χ0v) is 13.5. The van der Waals surface area contributed by atoms with Crippen molar-refractivity contribution in [3.05, 3.63) is 24.4 Å². The van der Waals surface area contributed by atoms with Gasteiger partial charge in [-0.3, -0.25) is 0 Å². The summed E-state index contributed by atoms with van der Waals surface area (Å²) in [5.41, 5.74) is 0.570. The fraction of sp³-hybridized carbons (Fsp3) is 0.429. The minimum Gasteiger partial charge on any atom is -0.543 e. The lowest BCUT2D eigenvalue weighted by Crippen LogP contribution is -2.43. The molecule has 0 radical (unpaired) electrons. The molecule has 0 bridgehead atoms. The Morgan fingerprint density at radius 3 is 2.55 bits per heavy atom. The molecule has 1 heterocycles. The first kappa shape index (κ1) is 14.6. The number of rotatable bonds is 2. The Labute approximate surface area is 119 Å². The number of fused-ring (bicyclic) bond motifs is 1. The largest absolute Gasteiger partial charge is 0.543 e. The smallest absolute Gasteiger partial charge is 0.432 e. The van der Waals surface area contributed by atoms with Gasteiger partial charge in [0.15, 0.2) is 0 Å². The first-order valence-corrected chi connectivity index (χ1v) is 9.43. The number of aromatic nitrogens is 2. The van der Waals surface area contributed by atoms with Crippen molar-refractivity contribution in [3.63, 3.8) is 0 Å². The molecule has 0 saturated carbocycles. The molecule has 0 aliphatic rings. The molecule has 0 unspecified atom stereocenters. The molecule has 0 saturated heterocycles. The van der Waals surface area contributed by atoms with E-state index in [0.29, 0.717) is 5.52 Å². The van der Waals surface area contributed by atoms with Crippen molar-refractivity contribution in [2.45, 2.75) is 38.9 Å². The second-order valence-electron chi connectivity index (χ2n) is 6.42. The van der Waals surface area contributed by atoms with E-state index in [1.807, 2.05) is 12.1 Å².